The van der Waals surface area contributed by atoms with Crippen LogP contribution in [0.1, 0.15) is 24.7 Å². The molecule has 0 aliphatic heterocycles. The third-order valence-electron chi connectivity index (χ3n) is 3.06. The van der Waals surface area contributed by atoms with Gasteiger partial charge in [0.15, 0.2) is 0 Å². The lowest BCUT2D eigenvalue weighted by molar-refractivity contribution is -0.120. The summed E-state index contributed by atoms with van der Waals surface area (Å²) in [5, 5.41) is 2.67. The van der Waals surface area contributed by atoms with Crippen molar-refractivity contribution in [2.24, 2.45) is 5.73 Å². The summed E-state index contributed by atoms with van der Waals surface area (Å²) in [5.41, 5.74) is 6.52. The molecule has 1 atom stereocenters. The van der Waals surface area contributed by atoms with Gasteiger partial charge >= 0.3 is 0 Å². The molecule has 0 saturated heterocycles. The maximum atomic E-state index is 12.6. The van der Waals surface area contributed by atoms with E-state index in [0.29, 0.717) is 6.54 Å². The Bertz CT molecular complexity index is 599. The van der Waals surface area contributed by atoms with Gasteiger partial charge in [-0.3, -0.25) is 4.79 Å². The quantitative estimate of drug-likeness (QED) is 0.779. The molecule has 0 heterocycles. The topological polar surface area (TPSA) is 55.1 Å². The zero-order chi connectivity index (χ0) is 16.0. The van der Waals surface area contributed by atoms with Crippen LogP contribution in [0, 0.1) is 0 Å². The molecular formula is C18H23ClN2OS. The van der Waals surface area contributed by atoms with Crippen LogP contribution in [0.25, 0.3) is 0 Å². The van der Waals surface area contributed by atoms with E-state index >= 15 is 0 Å². The highest BCUT2D eigenvalue weighted by molar-refractivity contribution is 8.00. The number of nitrogens with one attached hydrogen (secondary N) is 1. The van der Waals surface area contributed by atoms with Crippen molar-refractivity contribution < 1.29 is 4.79 Å². The molecular weight excluding hydrogens is 328 g/mol. The van der Waals surface area contributed by atoms with E-state index in [-0.39, 0.29) is 23.6 Å². The van der Waals surface area contributed by atoms with E-state index < -0.39 is 5.54 Å². The summed E-state index contributed by atoms with van der Waals surface area (Å²) in [6, 6.07) is 19.8. The number of halogens is 1. The van der Waals surface area contributed by atoms with Crippen LogP contribution in [0.4, 0.5) is 0 Å². The van der Waals surface area contributed by atoms with Crippen LogP contribution in [-0.2, 0) is 4.79 Å². The first-order valence-corrected chi connectivity index (χ1v) is 8.17. The maximum Gasteiger partial charge on any atom is 0.238 e. The lowest BCUT2D eigenvalue weighted by Crippen LogP contribution is -2.46. The van der Waals surface area contributed by atoms with E-state index in [2.05, 4.69) is 5.32 Å². The molecule has 0 aliphatic carbocycles. The van der Waals surface area contributed by atoms with Crippen LogP contribution in [-0.4, -0.2) is 18.0 Å². The summed E-state index contributed by atoms with van der Waals surface area (Å²) < 4.78 is 0. The average molecular weight is 351 g/mol. The van der Waals surface area contributed by atoms with E-state index in [1.54, 1.807) is 11.8 Å². The molecule has 124 valence electrons. The fourth-order valence-corrected chi connectivity index (χ4v) is 3.01. The standard InChI is InChI=1S/C18H22N2OS.ClH/c1-18(2,19)13-20-17(21)16(14-9-5-3-6-10-14)22-15-11-7-4-8-12-15;/h3-12,16H,13,19H2,1-2H3,(H,20,21);1H. The Morgan fingerprint density at radius 2 is 1.61 bits per heavy atom. The summed E-state index contributed by atoms with van der Waals surface area (Å²) in [7, 11) is 0. The van der Waals surface area contributed by atoms with Gasteiger partial charge in [-0.2, -0.15) is 0 Å². The van der Waals surface area contributed by atoms with Gasteiger partial charge in [0.1, 0.15) is 5.25 Å². The Hall–Kier alpha value is -1.49. The van der Waals surface area contributed by atoms with Crippen molar-refractivity contribution >= 4 is 30.1 Å². The van der Waals surface area contributed by atoms with E-state index in [1.807, 2.05) is 74.5 Å². The number of rotatable bonds is 6. The SMILES string of the molecule is CC(C)(N)CNC(=O)C(Sc1ccccc1)c1ccccc1.Cl. The van der Waals surface area contributed by atoms with Gasteiger partial charge in [-0.15, -0.1) is 24.2 Å². The molecule has 3 N–H and O–H groups in total. The fraction of sp³-hybridized carbons (Fsp3) is 0.278. The average Bonchev–Trinajstić information content (AvgIpc) is 2.51. The molecule has 0 aromatic heterocycles. The summed E-state index contributed by atoms with van der Waals surface area (Å²) in [6.45, 7) is 4.24. The Morgan fingerprint density at radius 1 is 1.09 bits per heavy atom. The molecule has 3 nitrogen and oxygen atoms in total. The third-order valence-corrected chi connectivity index (χ3v) is 4.32. The molecule has 1 amide bonds. The Labute approximate surface area is 148 Å². The van der Waals surface area contributed by atoms with Crippen LogP contribution in [0.15, 0.2) is 65.6 Å². The summed E-state index contributed by atoms with van der Waals surface area (Å²) in [6.07, 6.45) is 0. The number of thioether (sulfide) groups is 1. The van der Waals surface area contributed by atoms with Crippen molar-refractivity contribution in [3.63, 3.8) is 0 Å². The first-order chi connectivity index (χ1) is 10.5. The van der Waals surface area contributed by atoms with Gasteiger partial charge in [0.25, 0.3) is 0 Å². The highest BCUT2D eigenvalue weighted by Gasteiger charge is 2.23. The Balaban J connectivity index is 0.00000264. The van der Waals surface area contributed by atoms with Crippen LogP contribution < -0.4 is 11.1 Å². The smallest absolute Gasteiger partial charge is 0.238 e. The molecule has 0 aliphatic rings. The van der Waals surface area contributed by atoms with Gasteiger partial charge in [0.05, 0.1) is 0 Å². The second kappa shape index (κ2) is 8.96. The Kier molecular flexibility index (Phi) is 7.62. The zero-order valence-corrected chi connectivity index (χ0v) is 15.0. The van der Waals surface area contributed by atoms with Crippen LogP contribution in [0.5, 0.6) is 0 Å². The third kappa shape index (κ3) is 6.65. The molecule has 0 fully saturated rings. The minimum atomic E-state index is -0.422. The minimum absolute atomic E-state index is 0. The number of hydrogen-bond acceptors (Lipinski definition) is 3. The first-order valence-electron chi connectivity index (χ1n) is 7.29. The highest BCUT2D eigenvalue weighted by atomic mass is 35.5. The number of carbonyl (C=O) groups is 1. The molecule has 2 rings (SSSR count). The molecule has 2 aromatic carbocycles. The number of hydrogen-bond donors (Lipinski definition) is 2. The van der Waals surface area contributed by atoms with E-state index in [0.717, 1.165) is 10.5 Å². The predicted octanol–water partition coefficient (Wildman–Crippen LogP) is 3.80. The molecule has 0 spiro atoms. The van der Waals surface area contributed by atoms with Crippen molar-refractivity contribution in [3.05, 3.63) is 66.2 Å². The van der Waals surface area contributed by atoms with Gasteiger partial charge < -0.3 is 11.1 Å². The van der Waals surface area contributed by atoms with Crippen molar-refractivity contribution in [1.82, 2.24) is 5.32 Å². The van der Waals surface area contributed by atoms with Gasteiger partial charge in [0, 0.05) is 17.0 Å². The highest BCUT2D eigenvalue weighted by Crippen LogP contribution is 2.35. The predicted molar refractivity (Wildman–Crippen MR) is 100 cm³/mol. The largest absolute Gasteiger partial charge is 0.353 e. The zero-order valence-electron chi connectivity index (χ0n) is 13.4. The lowest BCUT2D eigenvalue weighted by Gasteiger charge is -2.22. The lowest BCUT2D eigenvalue weighted by atomic mass is 10.1. The molecule has 23 heavy (non-hydrogen) atoms. The summed E-state index contributed by atoms with van der Waals surface area (Å²) in [5.74, 6) is -0.0152. The first kappa shape index (κ1) is 19.6. The second-order valence-electron chi connectivity index (χ2n) is 5.93. The molecule has 1 unspecified atom stereocenters. The van der Waals surface area contributed by atoms with Gasteiger partial charge in [0.2, 0.25) is 5.91 Å². The fourth-order valence-electron chi connectivity index (χ4n) is 1.94. The van der Waals surface area contributed by atoms with Gasteiger partial charge in [-0.25, -0.2) is 0 Å². The van der Waals surface area contributed by atoms with Gasteiger partial charge in [-0.05, 0) is 31.5 Å². The molecule has 0 radical (unpaired) electrons. The van der Waals surface area contributed by atoms with Crippen molar-refractivity contribution in [2.75, 3.05) is 6.54 Å². The van der Waals surface area contributed by atoms with E-state index in [1.165, 1.54) is 0 Å². The van der Waals surface area contributed by atoms with Crippen molar-refractivity contribution in [3.8, 4) is 0 Å². The van der Waals surface area contributed by atoms with Crippen LogP contribution in [0.3, 0.4) is 0 Å². The minimum Gasteiger partial charge on any atom is -0.353 e. The van der Waals surface area contributed by atoms with E-state index in [4.69, 9.17) is 5.73 Å². The second-order valence-corrected chi connectivity index (χ2v) is 7.11. The summed E-state index contributed by atoms with van der Waals surface area (Å²) >= 11 is 1.55. The molecule has 2 aromatic rings. The van der Waals surface area contributed by atoms with Crippen LogP contribution in [0.2, 0.25) is 0 Å². The van der Waals surface area contributed by atoms with Crippen molar-refractivity contribution in [1.29, 1.82) is 0 Å². The molecule has 0 bridgehead atoms. The Morgan fingerprint density at radius 3 is 2.13 bits per heavy atom. The normalized spacial score (nSPS) is 12.1. The van der Waals surface area contributed by atoms with E-state index in [9.17, 15) is 4.79 Å². The number of carbonyl (C=O) groups excluding carboxylic acids is 1. The van der Waals surface area contributed by atoms with Crippen LogP contribution >= 0.6 is 24.2 Å². The number of amides is 1. The summed E-state index contributed by atoms with van der Waals surface area (Å²) in [4.78, 5) is 13.7. The number of nitrogens with two attached hydrogens (primary N) is 1. The molecule has 5 heteroatoms. The monoisotopic (exact) mass is 350 g/mol. The maximum absolute atomic E-state index is 12.6. The van der Waals surface area contributed by atoms with Crippen molar-refractivity contribution in [2.45, 2.75) is 29.5 Å². The van der Waals surface area contributed by atoms with Gasteiger partial charge in [-0.1, -0.05) is 48.5 Å². The molecule has 0 saturated carbocycles. The number of benzene rings is 2.